The van der Waals surface area contributed by atoms with E-state index in [-0.39, 0.29) is 0 Å². The molecule has 2 heteroatoms. The normalized spacial score (nSPS) is 39.9. The topological polar surface area (TPSA) is 15.3 Å². The maximum Gasteiger partial charge on any atom is 0.0120 e. The summed E-state index contributed by atoms with van der Waals surface area (Å²) < 4.78 is 0. The molecule has 1 aliphatic heterocycles. The largest absolute Gasteiger partial charge is 0.314 e. The zero-order valence-electron chi connectivity index (χ0n) is 14.2. The first kappa shape index (κ1) is 16.3. The van der Waals surface area contributed by atoms with Gasteiger partial charge in [-0.05, 0) is 63.6 Å². The summed E-state index contributed by atoms with van der Waals surface area (Å²) in [5, 5.41) is 3.67. The van der Waals surface area contributed by atoms with Gasteiger partial charge < -0.3 is 10.2 Å². The van der Waals surface area contributed by atoms with Crippen LogP contribution in [-0.2, 0) is 0 Å². The summed E-state index contributed by atoms with van der Waals surface area (Å²) in [7, 11) is 0. The van der Waals surface area contributed by atoms with Crippen LogP contribution in [0.5, 0.6) is 0 Å². The van der Waals surface area contributed by atoms with Gasteiger partial charge in [0.2, 0.25) is 0 Å². The van der Waals surface area contributed by atoms with E-state index in [1.807, 2.05) is 0 Å². The molecular weight excluding hydrogens is 244 g/mol. The third-order valence-electron chi connectivity index (χ3n) is 6.03. The van der Waals surface area contributed by atoms with Crippen LogP contribution >= 0.6 is 0 Å². The van der Waals surface area contributed by atoms with Crippen LogP contribution in [0.15, 0.2) is 0 Å². The van der Waals surface area contributed by atoms with E-state index < -0.39 is 0 Å². The molecule has 0 aromatic carbocycles. The quantitative estimate of drug-likeness (QED) is 0.821. The van der Waals surface area contributed by atoms with Crippen molar-refractivity contribution < 1.29 is 0 Å². The van der Waals surface area contributed by atoms with Crippen molar-refractivity contribution in [3.8, 4) is 0 Å². The molecule has 0 bridgehead atoms. The summed E-state index contributed by atoms with van der Waals surface area (Å²) in [6.07, 6.45) is 8.69. The molecule has 2 aliphatic rings. The van der Waals surface area contributed by atoms with Crippen LogP contribution in [0.2, 0.25) is 0 Å². The van der Waals surface area contributed by atoms with Crippen molar-refractivity contribution in [2.45, 2.75) is 78.3 Å². The van der Waals surface area contributed by atoms with Crippen molar-refractivity contribution >= 4 is 0 Å². The van der Waals surface area contributed by atoms with Gasteiger partial charge in [0.1, 0.15) is 0 Å². The Hall–Kier alpha value is -0.0800. The minimum atomic E-state index is 0.737. The number of piperidine rings is 1. The maximum absolute atomic E-state index is 3.67. The molecule has 1 heterocycles. The van der Waals surface area contributed by atoms with Crippen LogP contribution in [0.1, 0.15) is 66.2 Å². The Kier molecular flexibility index (Phi) is 6.35. The Morgan fingerprint density at radius 3 is 2.60 bits per heavy atom. The zero-order chi connectivity index (χ0) is 14.5. The average Bonchev–Trinajstić information content (AvgIpc) is 2.43. The summed E-state index contributed by atoms with van der Waals surface area (Å²) in [5.74, 6) is 2.77. The van der Waals surface area contributed by atoms with Gasteiger partial charge in [0.15, 0.2) is 0 Å². The lowest BCUT2D eigenvalue weighted by Gasteiger charge is -2.43. The Bertz CT molecular complexity index is 279. The first-order valence-electron chi connectivity index (χ1n) is 9.09. The molecule has 0 aromatic heterocycles. The summed E-state index contributed by atoms with van der Waals surface area (Å²) in [4.78, 5) is 2.76. The van der Waals surface area contributed by atoms with Crippen molar-refractivity contribution in [3.05, 3.63) is 0 Å². The van der Waals surface area contributed by atoms with E-state index in [4.69, 9.17) is 0 Å². The monoisotopic (exact) mass is 280 g/mol. The minimum absolute atomic E-state index is 0.737. The molecule has 1 saturated heterocycles. The zero-order valence-corrected chi connectivity index (χ0v) is 14.2. The number of hydrogen-bond donors (Lipinski definition) is 1. The van der Waals surface area contributed by atoms with Crippen molar-refractivity contribution in [2.75, 3.05) is 19.6 Å². The molecule has 2 nitrogen and oxygen atoms in total. The molecule has 2 rings (SSSR count). The second-order valence-corrected chi connectivity index (χ2v) is 7.52. The van der Waals surface area contributed by atoms with E-state index in [0.29, 0.717) is 0 Å². The van der Waals surface area contributed by atoms with Gasteiger partial charge in [0.05, 0.1) is 0 Å². The van der Waals surface area contributed by atoms with Gasteiger partial charge in [0, 0.05) is 12.1 Å². The Labute approximate surface area is 126 Å². The molecule has 2 fully saturated rings. The Morgan fingerprint density at radius 1 is 1.10 bits per heavy atom. The summed E-state index contributed by atoms with van der Waals surface area (Å²) >= 11 is 0. The van der Waals surface area contributed by atoms with Crippen LogP contribution in [-0.4, -0.2) is 36.6 Å². The fourth-order valence-corrected chi connectivity index (χ4v) is 4.48. The highest BCUT2D eigenvalue weighted by Crippen LogP contribution is 2.32. The maximum atomic E-state index is 3.67. The molecule has 5 atom stereocenters. The first-order chi connectivity index (χ1) is 9.61. The van der Waals surface area contributed by atoms with E-state index >= 15 is 0 Å². The molecule has 118 valence electrons. The second kappa shape index (κ2) is 7.79. The molecule has 0 amide bonds. The molecule has 1 saturated carbocycles. The van der Waals surface area contributed by atoms with Crippen molar-refractivity contribution in [2.24, 2.45) is 17.8 Å². The molecular formula is C18H36N2. The third-order valence-corrected chi connectivity index (χ3v) is 6.03. The lowest BCUT2D eigenvalue weighted by molar-refractivity contribution is 0.0763. The summed E-state index contributed by atoms with van der Waals surface area (Å²) in [5.41, 5.74) is 0. The predicted octanol–water partition coefficient (Wildman–Crippen LogP) is 3.91. The van der Waals surface area contributed by atoms with Crippen LogP contribution in [0.3, 0.4) is 0 Å². The minimum Gasteiger partial charge on any atom is -0.314 e. The van der Waals surface area contributed by atoms with Crippen molar-refractivity contribution in [1.29, 1.82) is 0 Å². The van der Waals surface area contributed by atoms with Crippen LogP contribution in [0.4, 0.5) is 0 Å². The molecule has 1 N–H and O–H groups in total. The van der Waals surface area contributed by atoms with Crippen LogP contribution in [0, 0.1) is 17.8 Å². The van der Waals surface area contributed by atoms with Gasteiger partial charge in [-0.2, -0.15) is 0 Å². The number of likely N-dealkylation sites (tertiary alicyclic amines) is 1. The van der Waals surface area contributed by atoms with Crippen LogP contribution < -0.4 is 5.32 Å². The molecule has 0 radical (unpaired) electrons. The van der Waals surface area contributed by atoms with Gasteiger partial charge in [-0.15, -0.1) is 0 Å². The van der Waals surface area contributed by atoms with Gasteiger partial charge in [-0.25, -0.2) is 0 Å². The number of rotatable bonds is 5. The van der Waals surface area contributed by atoms with Crippen LogP contribution in [0.25, 0.3) is 0 Å². The molecule has 0 aromatic rings. The van der Waals surface area contributed by atoms with Crippen molar-refractivity contribution in [3.63, 3.8) is 0 Å². The van der Waals surface area contributed by atoms with E-state index in [1.165, 1.54) is 51.6 Å². The fourth-order valence-electron chi connectivity index (χ4n) is 4.48. The Morgan fingerprint density at radius 2 is 1.90 bits per heavy atom. The van der Waals surface area contributed by atoms with E-state index in [9.17, 15) is 0 Å². The second-order valence-electron chi connectivity index (χ2n) is 7.52. The Balaban J connectivity index is 1.76. The first-order valence-corrected chi connectivity index (χ1v) is 9.09. The highest BCUT2D eigenvalue weighted by molar-refractivity contribution is 4.88. The lowest BCUT2D eigenvalue weighted by Crippen LogP contribution is -2.53. The molecule has 1 aliphatic carbocycles. The van der Waals surface area contributed by atoms with E-state index in [1.54, 1.807) is 0 Å². The number of nitrogens with zero attached hydrogens (tertiary/aromatic N) is 1. The van der Waals surface area contributed by atoms with E-state index in [2.05, 4.69) is 37.9 Å². The summed E-state index contributed by atoms with van der Waals surface area (Å²) in [6, 6.07) is 1.48. The van der Waals surface area contributed by atoms with Gasteiger partial charge in [-0.3, -0.25) is 0 Å². The number of nitrogens with one attached hydrogen (secondary N) is 1. The predicted molar refractivity (Wildman–Crippen MR) is 88.0 cm³/mol. The van der Waals surface area contributed by atoms with E-state index in [0.717, 1.165) is 36.4 Å². The molecule has 0 spiro atoms. The van der Waals surface area contributed by atoms with Gasteiger partial charge in [0.25, 0.3) is 0 Å². The molecule has 5 unspecified atom stereocenters. The van der Waals surface area contributed by atoms with Gasteiger partial charge in [-0.1, -0.05) is 40.0 Å². The SMILES string of the molecule is CCNC1CCN(CCC2CCCC(C)C2)C(C)C1C. The standard InChI is InChI=1S/C18H36N2/c1-5-19-18-10-12-20(16(4)15(18)3)11-9-17-8-6-7-14(2)13-17/h14-19H,5-13H2,1-4H3. The third kappa shape index (κ3) is 4.21. The highest BCUT2D eigenvalue weighted by atomic mass is 15.2. The van der Waals surface area contributed by atoms with Gasteiger partial charge >= 0.3 is 0 Å². The van der Waals surface area contributed by atoms with Crippen molar-refractivity contribution in [1.82, 2.24) is 10.2 Å². The lowest BCUT2D eigenvalue weighted by atomic mass is 9.80. The highest BCUT2D eigenvalue weighted by Gasteiger charge is 2.32. The molecule has 20 heavy (non-hydrogen) atoms. The number of hydrogen-bond acceptors (Lipinski definition) is 2. The smallest absolute Gasteiger partial charge is 0.0120 e. The fraction of sp³-hybridized carbons (Fsp3) is 1.00. The average molecular weight is 280 g/mol. The summed E-state index contributed by atoms with van der Waals surface area (Å²) in [6.45, 7) is 13.3.